The van der Waals surface area contributed by atoms with Crippen LogP contribution >= 0.6 is 11.6 Å². The molecule has 3 rings (SSSR count). The Hall–Kier alpha value is -1.98. The number of carbonyl (C=O) groups excluding carboxylic acids is 1. The van der Waals surface area contributed by atoms with E-state index in [-0.39, 0.29) is 10.7 Å². The molecule has 0 unspecified atom stereocenters. The molecular weight excluding hydrogens is 329 g/mol. The molecule has 1 aliphatic rings. The van der Waals surface area contributed by atoms with E-state index in [9.17, 15) is 9.18 Å². The average molecular weight is 348 g/mol. The van der Waals surface area contributed by atoms with Crippen LogP contribution in [0.15, 0.2) is 42.6 Å². The van der Waals surface area contributed by atoms with Crippen molar-refractivity contribution in [2.45, 2.75) is 24.8 Å². The lowest BCUT2D eigenvalue weighted by Gasteiger charge is -2.39. The van der Waals surface area contributed by atoms with Gasteiger partial charge in [-0.05, 0) is 37.6 Å². The van der Waals surface area contributed by atoms with Gasteiger partial charge in [-0.1, -0.05) is 41.9 Å². The van der Waals surface area contributed by atoms with Gasteiger partial charge in [0.1, 0.15) is 5.82 Å². The molecule has 24 heavy (non-hydrogen) atoms. The summed E-state index contributed by atoms with van der Waals surface area (Å²) in [4.78, 5) is 18.5. The zero-order valence-corrected chi connectivity index (χ0v) is 14.0. The van der Waals surface area contributed by atoms with Crippen molar-refractivity contribution in [1.82, 2.24) is 9.88 Å². The van der Waals surface area contributed by atoms with Gasteiger partial charge in [-0.25, -0.2) is 4.39 Å². The summed E-state index contributed by atoms with van der Waals surface area (Å²) in [6.45, 7) is 2.11. The van der Waals surface area contributed by atoms with Crippen LogP contribution in [0.3, 0.4) is 0 Å². The van der Waals surface area contributed by atoms with Gasteiger partial charge in [0.05, 0.1) is 16.1 Å². The fourth-order valence-electron chi connectivity index (χ4n) is 3.30. The first-order valence-corrected chi connectivity index (χ1v) is 8.27. The van der Waals surface area contributed by atoms with E-state index in [1.165, 1.54) is 17.8 Å². The second kappa shape index (κ2) is 6.87. The van der Waals surface area contributed by atoms with Crippen LogP contribution in [-0.4, -0.2) is 28.9 Å². The minimum Gasteiger partial charge on any atom is -0.369 e. The van der Waals surface area contributed by atoms with Crippen LogP contribution in [0.25, 0.3) is 0 Å². The molecule has 1 aromatic carbocycles. The first kappa shape index (κ1) is 16.9. The van der Waals surface area contributed by atoms with E-state index in [1.54, 1.807) is 0 Å². The van der Waals surface area contributed by atoms with Crippen molar-refractivity contribution in [3.63, 3.8) is 0 Å². The number of halogens is 2. The molecule has 1 amide bonds. The lowest BCUT2D eigenvalue weighted by atomic mass is 9.74. The molecule has 126 valence electrons. The fraction of sp³-hybridized carbons (Fsp3) is 0.333. The number of aromatic nitrogens is 1. The van der Waals surface area contributed by atoms with Gasteiger partial charge in [0, 0.05) is 12.7 Å². The molecule has 1 fully saturated rings. The van der Waals surface area contributed by atoms with Crippen LogP contribution in [0.1, 0.15) is 24.1 Å². The van der Waals surface area contributed by atoms with Crippen molar-refractivity contribution in [2.75, 3.05) is 13.1 Å². The average Bonchev–Trinajstić information content (AvgIpc) is 2.57. The van der Waals surface area contributed by atoms with E-state index in [0.717, 1.165) is 6.54 Å². The van der Waals surface area contributed by atoms with Gasteiger partial charge in [0.2, 0.25) is 5.91 Å². The third kappa shape index (κ3) is 3.28. The highest BCUT2D eigenvalue weighted by Crippen LogP contribution is 2.36. The van der Waals surface area contributed by atoms with Crippen molar-refractivity contribution in [3.05, 3.63) is 64.7 Å². The predicted molar refractivity (Wildman–Crippen MR) is 91.0 cm³/mol. The Morgan fingerprint density at radius 1 is 1.29 bits per heavy atom. The molecular formula is C18H19ClFN3O. The van der Waals surface area contributed by atoms with Crippen molar-refractivity contribution in [1.29, 1.82) is 0 Å². The molecule has 1 saturated heterocycles. The largest absolute Gasteiger partial charge is 0.369 e. The monoisotopic (exact) mass is 347 g/mol. The van der Waals surface area contributed by atoms with Crippen molar-refractivity contribution in [3.8, 4) is 0 Å². The van der Waals surface area contributed by atoms with Gasteiger partial charge in [0.25, 0.3) is 0 Å². The highest BCUT2D eigenvalue weighted by molar-refractivity contribution is 6.30. The number of likely N-dealkylation sites (tertiary alicyclic amines) is 1. The number of pyridine rings is 1. The molecule has 0 radical (unpaired) electrons. The van der Waals surface area contributed by atoms with Crippen molar-refractivity contribution >= 4 is 17.5 Å². The first-order chi connectivity index (χ1) is 11.5. The molecule has 1 aromatic heterocycles. The molecule has 2 heterocycles. The number of amides is 1. The number of hydrogen-bond acceptors (Lipinski definition) is 3. The maximum atomic E-state index is 14.3. The smallest absolute Gasteiger partial charge is 0.229 e. The van der Waals surface area contributed by atoms with E-state index >= 15 is 0 Å². The van der Waals surface area contributed by atoms with Crippen molar-refractivity contribution in [2.24, 2.45) is 5.73 Å². The zero-order chi connectivity index (χ0) is 17.2. The second-order valence-electron chi connectivity index (χ2n) is 6.19. The number of primary amides is 1. The third-order valence-corrected chi connectivity index (χ3v) is 4.90. The number of nitrogens with zero attached hydrogens (tertiary/aromatic N) is 2. The van der Waals surface area contributed by atoms with Crippen LogP contribution in [0.4, 0.5) is 4.39 Å². The van der Waals surface area contributed by atoms with E-state index in [0.29, 0.717) is 25.9 Å². The number of hydrogen-bond donors (Lipinski definition) is 1. The van der Waals surface area contributed by atoms with Gasteiger partial charge < -0.3 is 5.73 Å². The molecule has 6 heteroatoms. The topological polar surface area (TPSA) is 59.2 Å². The van der Waals surface area contributed by atoms with Crippen LogP contribution in [0, 0.1) is 5.82 Å². The Morgan fingerprint density at radius 3 is 2.54 bits per heavy atom. The van der Waals surface area contributed by atoms with E-state index in [4.69, 9.17) is 17.3 Å². The Kier molecular flexibility index (Phi) is 4.83. The van der Waals surface area contributed by atoms with Gasteiger partial charge in [0.15, 0.2) is 0 Å². The molecule has 2 N–H and O–H groups in total. The first-order valence-electron chi connectivity index (χ1n) is 7.89. The maximum Gasteiger partial charge on any atom is 0.229 e. The van der Waals surface area contributed by atoms with Gasteiger partial charge >= 0.3 is 0 Å². The summed E-state index contributed by atoms with van der Waals surface area (Å²) in [5.41, 5.74) is 5.89. The third-order valence-electron chi connectivity index (χ3n) is 4.69. The highest BCUT2D eigenvalue weighted by Gasteiger charge is 2.44. The summed E-state index contributed by atoms with van der Waals surface area (Å²) in [6.07, 6.45) is 2.25. The minimum atomic E-state index is -1.07. The minimum absolute atomic E-state index is 0.110. The number of nitrogens with two attached hydrogens (primary N) is 1. The number of benzene rings is 1. The summed E-state index contributed by atoms with van der Waals surface area (Å²) in [5.74, 6) is -1.10. The van der Waals surface area contributed by atoms with Crippen LogP contribution < -0.4 is 5.73 Å². The zero-order valence-electron chi connectivity index (χ0n) is 13.2. The fourth-order valence-corrected chi connectivity index (χ4v) is 3.45. The number of rotatable bonds is 4. The summed E-state index contributed by atoms with van der Waals surface area (Å²) in [6, 6.07) is 11.3. The summed E-state index contributed by atoms with van der Waals surface area (Å²) in [5, 5.41) is 0.206. The van der Waals surface area contributed by atoms with E-state index in [2.05, 4.69) is 22.0 Å². The summed E-state index contributed by atoms with van der Waals surface area (Å²) < 4.78 is 14.3. The quantitative estimate of drug-likeness (QED) is 0.925. The molecule has 0 atom stereocenters. The molecule has 1 aliphatic heterocycles. The molecule has 0 saturated carbocycles. The molecule has 0 aliphatic carbocycles. The highest BCUT2D eigenvalue weighted by atomic mass is 35.5. The van der Waals surface area contributed by atoms with E-state index in [1.807, 2.05) is 18.2 Å². The van der Waals surface area contributed by atoms with Gasteiger partial charge in [-0.15, -0.1) is 0 Å². The molecule has 4 nitrogen and oxygen atoms in total. The van der Waals surface area contributed by atoms with E-state index < -0.39 is 17.1 Å². The lowest BCUT2D eigenvalue weighted by Crippen LogP contribution is -2.50. The second-order valence-corrected chi connectivity index (χ2v) is 6.63. The summed E-state index contributed by atoms with van der Waals surface area (Å²) >= 11 is 5.77. The molecule has 0 bridgehead atoms. The standard InChI is InChI=1S/C18H19ClFN3O/c19-14-10-15(20)16(22-11-14)18(17(21)24)6-8-23(9-7-18)12-13-4-2-1-3-5-13/h1-5,10-11H,6-9,12H2,(H2,21,24). The van der Waals surface area contributed by atoms with Gasteiger partial charge in [-0.3, -0.25) is 14.7 Å². The Morgan fingerprint density at radius 2 is 1.96 bits per heavy atom. The Bertz CT molecular complexity index is 730. The SMILES string of the molecule is NC(=O)C1(c2ncc(Cl)cc2F)CCN(Cc2ccccc2)CC1. The normalized spacial score (nSPS) is 17.6. The lowest BCUT2D eigenvalue weighted by molar-refractivity contribution is -0.125. The van der Waals surface area contributed by atoms with Crippen molar-refractivity contribution < 1.29 is 9.18 Å². The van der Waals surface area contributed by atoms with Crippen LogP contribution in [0.5, 0.6) is 0 Å². The van der Waals surface area contributed by atoms with Gasteiger partial charge in [-0.2, -0.15) is 0 Å². The Balaban J connectivity index is 1.78. The Labute approximate surface area is 145 Å². The van der Waals surface area contributed by atoms with Crippen LogP contribution in [0.2, 0.25) is 5.02 Å². The summed E-state index contributed by atoms with van der Waals surface area (Å²) in [7, 11) is 0. The number of piperidine rings is 1. The number of carbonyl (C=O) groups is 1. The molecule has 0 spiro atoms. The maximum absolute atomic E-state index is 14.3. The molecule has 2 aromatic rings. The predicted octanol–water partition coefficient (Wildman–Crippen LogP) is 2.89. The van der Waals surface area contributed by atoms with Crippen LogP contribution in [-0.2, 0) is 16.8 Å².